The van der Waals surface area contributed by atoms with Crippen molar-refractivity contribution in [1.82, 2.24) is 9.78 Å². The van der Waals surface area contributed by atoms with Gasteiger partial charge in [0.05, 0.1) is 21.0 Å². The van der Waals surface area contributed by atoms with Gasteiger partial charge in [-0.3, -0.25) is 0 Å². The molecule has 0 amide bonds. The summed E-state index contributed by atoms with van der Waals surface area (Å²) in [5.41, 5.74) is 2.03. The van der Waals surface area contributed by atoms with Crippen LogP contribution in [0.4, 0.5) is 0 Å². The van der Waals surface area contributed by atoms with E-state index in [4.69, 9.17) is 11.6 Å². The number of alkyl halides is 1. The molecule has 2 nitrogen and oxygen atoms in total. The fourth-order valence-corrected chi connectivity index (χ4v) is 3.57. The van der Waals surface area contributed by atoms with Crippen molar-refractivity contribution in [3.8, 4) is 5.69 Å². The van der Waals surface area contributed by atoms with E-state index in [1.54, 1.807) is 11.3 Å². The fraction of sp³-hybridized carbons (Fsp3) is 0.0714. The van der Waals surface area contributed by atoms with E-state index in [-0.39, 0.29) is 5.38 Å². The summed E-state index contributed by atoms with van der Waals surface area (Å²) in [5, 5.41) is 4.21. The first-order valence-corrected chi connectivity index (χ1v) is 7.78. The lowest BCUT2D eigenvalue weighted by Crippen LogP contribution is -1.93. The van der Waals surface area contributed by atoms with Gasteiger partial charge in [-0.15, -0.1) is 22.9 Å². The molecule has 3 aromatic rings. The maximum Gasteiger partial charge on any atom is 0.0958 e. The lowest BCUT2D eigenvalue weighted by Gasteiger charge is -2.03. The van der Waals surface area contributed by atoms with Crippen LogP contribution in [0, 0.1) is 0 Å². The van der Waals surface area contributed by atoms with E-state index in [2.05, 4.69) is 21.0 Å². The number of hydrogen-bond acceptors (Lipinski definition) is 2. The van der Waals surface area contributed by atoms with Crippen LogP contribution in [0.1, 0.15) is 15.8 Å². The average Bonchev–Trinajstić information content (AvgIpc) is 3.08. The molecular weight excluding hydrogens is 344 g/mol. The van der Waals surface area contributed by atoms with Gasteiger partial charge in [0.15, 0.2) is 0 Å². The van der Waals surface area contributed by atoms with Crippen LogP contribution in [0.15, 0.2) is 58.6 Å². The molecule has 5 heteroatoms. The molecule has 1 unspecified atom stereocenters. The number of halogens is 2. The summed E-state index contributed by atoms with van der Waals surface area (Å²) in [6.07, 6.45) is 3.79. The normalized spacial score (nSPS) is 12.5. The van der Waals surface area contributed by atoms with Crippen LogP contribution in [0.5, 0.6) is 0 Å². The van der Waals surface area contributed by atoms with Crippen LogP contribution in [-0.2, 0) is 0 Å². The van der Waals surface area contributed by atoms with E-state index in [0.717, 1.165) is 19.9 Å². The van der Waals surface area contributed by atoms with Gasteiger partial charge in [0.25, 0.3) is 0 Å². The van der Waals surface area contributed by atoms with Gasteiger partial charge in [-0.05, 0) is 40.2 Å². The summed E-state index contributed by atoms with van der Waals surface area (Å²) in [6, 6.07) is 14.0. The molecule has 0 radical (unpaired) electrons. The third-order valence-electron chi connectivity index (χ3n) is 2.76. The maximum absolute atomic E-state index is 6.48. The van der Waals surface area contributed by atoms with Crippen LogP contribution >= 0.6 is 38.9 Å². The van der Waals surface area contributed by atoms with Gasteiger partial charge < -0.3 is 0 Å². The Morgan fingerprint density at radius 1 is 1.16 bits per heavy atom. The van der Waals surface area contributed by atoms with Gasteiger partial charge >= 0.3 is 0 Å². The van der Waals surface area contributed by atoms with Crippen molar-refractivity contribution in [1.29, 1.82) is 0 Å². The zero-order valence-corrected chi connectivity index (χ0v) is 13.0. The van der Waals surface area contributed by atoms with E-state index >= 15 is 0 Å². The second-order valence-electron chi connectivity index (χ2n) is 4.06. The molecule has 0 bridgehead atoms. The average molecular weight is 354 g/mol. The van der Waals surface area contributed by atoms with Crippen molar-refractivity contribution >= 4 is 38.9 Å². The minimum absolute atomic E-state index is 0.159. The minimum Gasteiger partial charge on any atom is -0.241 e. The van der Waals surface area contributed by atoms with Gasteiger partial charge in [0.2, 0.25) is 0 Å². The maximum atomic E-state index is 6.48. The second-order valence-corrected chi connectivity index (χ2v) is 6.99. The molecular formula is C14H10BrClN2S. The Hall–Kier alpha value is -1.10. The molecule has 0 aliphatic carbocycles. The summed E-state index contributed by atoms with van der Waals surface area (Å²) in [6.45, 7) is 0. The lowest BCUT2D eigenvalue weighted by atomic mass is 10.2. The number of aromatic nitrogens is 2. The van der Waals surface area contributed by atoms with Crippen LogP contribution in [0.25, 0.3) is 5.69 Å². The minimum atomic E-state index is -0.159. The van der Waals surface area contributed by atoms with Gasteiger partial charge in [-0.1, -0.05) is 18.2 Å². The number of nitrogens with zero attached hydrogens (tertiary/aromatic N) is 2. The van der Waals surface area contributed by atoms with Crippen LogP contribution in [-0.4, -0.2) is 9.78 Å². The van der Waals surface area contributed by atoms with E-state index < -0.39 is 0 Å². The smallest absolute Gasteiger partial charge is 0.0958 e. The number of para-hydroxylation sites is 1. The monoisotopic (exact) mass is 352 g/mol. The molecule has 0 fully saturated rings. The molecule has 0 aliphatic heterocycles. The fourth-order valence-electron chi connectivity index (χ4n) is 1.82. The van der Waals surface area contributed by atoms with E-state index in [0.29, 0.717) is 0 Å². The lowest BCUT2D eigenvalue weighted by molar-refractivity contribution is 0.880. The molecule has 19 heavy (non-hydrogen) atoms. The summed E-state index contributed by atoms with van der Waals surface area (Å²) in [4.78, 5) is 1.11. The molecule has 0 saturated heterocycles. The zero-order chi connectivity index (χ0) is 13.2. The van der Waals surface area contributed by atoms with Crippen molar-refractivity contribution in [2.75, 3.05) is 0 Å². The molecule has 0 aliphatic rings. The Morgan fingerprint density at radius 3 is 2.63 bits per heavy atom. The Kier molecular flexibility index (Phi) is 3.73. The number of thiophene rings is 1. The highest BCUT2D eigenvalue weighted by Gasteiger charge is 2.15. The van der Waals surface area contributed by atoms with Crippen molar-refractivity contribution in [3.63, 3.8) is 0 Å². The standard InChI is InChI=1S/C14H10BrClN2S/c15-13-7-6-12(19-13)14(16)10-8-17-18(9-10)11-4-2-1-3-5-11/h1-9,14H. The Labute approximate surface area is 128 Å². The first-order chi connectivity index (χ1) is 9.24. The third kappa shape index (κ3) is 2.76. The SMILES string of the molecule is ClC(c1cnn(-c2ccccc2)c1)c1ccc(Br)s1. The zero-order valence-electron chi connectivity index (χ0n) is 9.83. The van der Waals surface area contributed by atoms with Crippen molar-refractivity contribution in [2.24, 2.45) is 0 Å². The topological polar surface area (TPSA) is 17.8 Å². The highest BCUT2D eigenvalue weighted by atomic mass is 79.9. The number of benzene rings is 1. The van der Waals surface area contributed by atoms with Gasteiger partial charge in [0.1, 0.15) is 0 Å². The predicted molar refractivity (Wildman–Crippen MR) is 83.3 cm³/mol. The Balaban J connectivity index is 1.89. The molecule has 2 heterocycles. The summed E-state index contributed by atoms with van der Waals surface area (Å²) < 4.78 is 2.93. The van der Waals surface area contributed by atoms with Gasteiger partial charge in [-0.25, -0.2) is 4.68 Å². The number of hydrogen-bond donors (Lipinski definition) is 0. The quantitative estimate of drug-likeness (QED) is 0.604. The summed E-state index contributed by atoms with van der Waals surface area (Å²) in [7, 11) is 0. The summed E-state index contributed by atoms with van der Waals surface area (Å²) in [5.74, 6) is 0. The number of rotatable bonds is 3. The predicted octanol–water partition coefficient (Wildman–Crippen LogP) is 5.02. The molecule has 0 N–H and O–H groups in total. The molecule has 1 aromatic carbocycles. The van der Waals surface area contributed by atoms with Crippen LogP contribution in [0.2, 0.25) is 0 Å². The molecule has 96 valence electrons. The van der Waals surface area contributed by atoms with E-state index in [1.807, 2.05) is 59.5 Å². The third-order valence-corrected chi connectivity index (χ3v) is 5.06. The van der Waals surface area contributed by atoms with E-state index in [9.17, 15) is 0 Å². The second kappa shape index (κ2) is 5.49. The first-order valence-electron chi connectivity index (χ1n) is 5.73. The van der Waals surface area contributed by atoms with Crippen molar-refractivity contribution < 1.29 is 0 Å². The molecule has 2 aromatic heterocycles. The highest BCUT2D eigenvalue weighted by molar-refractivity contribution is 9.11. The molecule has 1 atom stereocenters. The van der Waals surface area contributed by atoms with Gasteiger partial charge in [0, 0.05) is 16.6 Å². The molecule has 3 rings (SSSR count). The Bertz CT molecular complexity index is 678. The summed E-state index contributed by atoms with van der Waals surface area (Å²) >= 11 is 11.6. The highest BCUT2D eigenvalue weighted by Crippen LogP contribution is 2.35. The first kappa shape index (κ1) is 12.9. The van der Waals surface area contributed by atoms with E-state index in [1.165, 1.54) is 0 Å². The van der Waals surface area contributed by atoms with Crippen molar-refractivity contribution in [2.45, 2.75) is 5.38 Å². The molecule has 0 saturated carbocycles. The largest absolute Gasteiger partial charge is 0.241 e. The Morgan fingerprint density at radius 2 is 1.95 bits per heavy atom. The van der Waals surface area contributed by atoms with Crippen LogP contribution in [0.3, 0.4) is 0 Å². The van der Waals surface area contributed by atoms with Gasteiger partial charge in [-0.2, -0.15) is 5.10 Å². The van der Waals surface area contributed by atoms with Crippen molar-refractivity contribution in [3.05, 3.63) is 69.1 Å². The van der Waals surface area contributed by atoms with Crippen LogP contribution < -0.4 is 0 Å². The molecule has 0 spiro atoms.